The van der Waals surface area contributed by atoms with E-state index in [0.717, 1.165) is 4.90 Å². The van der Waals surface area contributed by atoms with E-state index < -0.39 is 34.6 Å². The molecule has 3 aromatic rings. The van der Waals surface area contributed by atoms with Crippen LogP contribution < -0.4 is 5.32 Å². The monoisotopic (exact) mass is 503 g/mol. The van der Waals surface area contributed by atoms with Crippen LogP contribution in [0.4, 0.5) is 0 Å². The molecule has 4 amide bonds. The summed E-state index contributed by atoms with van der Waals surface area (Å²) in [6.07, 6.45) is 0. The number of hydrogen-bond acceptors (Lipinski definition) is 8. The molecule has 4 heterocycles. The van der Waals surface area contributed by atoms with Crippen molar-refractivity contribution in [3.63, 3.8) is 0 Å². The molecule has 0 radical (unpaired) electrons. The van der Waals surface area contributed by atoms with Crippen molar-refractivity contribution >= 4 is 35.4 Å². The topological polar surface area (TPSA) is 141 Å². The SMILES string of the molecule is CC1(C)S[C@@H]2C(NC(=O)C(c3ccccc3)N3C(=O)c4ccccc4C3=O)C(=O)N2C1c1nnn[nH]1. The number of β-lactam (4-membered cyclic amide) rings is 1. The van der Waals surface area contributed by atoms with Gasteiger partial charge >= 0.3 is 0 Å². The van der Waals surface area contributed by atoms with Gasteiger partial charge in [0.15, 0.2) is 5.82 Å². The summed E-state index contributed by atoms with van der Waals surface area (Å²) >= 11 is 1.54. The Kier molecular flexibility index (Phi) is 4.97. The number of rotatable bonds is 5. The predicted molar refractivity (Wildman–Crippen MR) is 127 cm³/mol. The summed E-state index contributed by atoms with van der Waals surface area (Å²) in [6, 6.07) is 12.7. The van der Waals surface area contributed by atoms with Crippen LogP contribution >= 0.6 is 11.8 Å². The van der Waals surface area contributed by atoms with Crippen molar-refractivity contribution in [3.8, 4) is 0 Å². The highest BCUT2D eigenvalue weighted by Gasteiger charge is 2.63. The molecule has 0 saturated carbocycles. The van der Waals surface area contributed by atoms with Crippen molar-refractivity contribution in [1.82, 2.24) is 35.7 Å². The second-order valence-electron chi connectivity index (χ2n) is 9.37. The first-order valence-corrected chi connectivity index (χ1v) is 12.2. The van der Waals surface area contributed by atoms with Gasteiger partial charge in [0.05, 0.1) is 11.1 Å². The fourth-order valence-electron chi connectivity index (χ4n) is 5.20. The highest BCUT2D eigenvalue weighted by Crippen LogP contribution is 2.56. The Morgan fingerprint density at radius 1 is 1.03 bits per heavy atom. The zero-order valence-electron chi connectivity index (χ0n) is 19.3. The number of aromatic nitrogens is 4. The standard InChI is InChI=1S/C24H21N7O4S/c1-24(2)17(18-26-28-29-27-18)31-22(35)15(23(31)36-24)25-19(32)16(12-8-4-3-5-9-12)30-20(33)13-10-6-7-11-14(13)21(30)34/h3-11,15-17,23H,1-2H3,(H,25,32)(H,26,27,28,29)/t15?,16?,17?,23-/m1/s1. The molecule has 12 heteroatoms. The third kappa shape index (κ3) is 3.17. The van der Waals surface area contributed by atoms with Crippen LogP contribution in [0.1, 0.15) is 58.0 Å². The first-order valence-electron chi connectivity index (χ1n) is 11.4. The predicted octanol–water partition coefficient (Wildman–Crippen LogP) is 1.46. The molecule has 3 aliphatic heterocycles. The van der Waals surface area contributed by atoms with Gasteiger partial charge in [-0.1, -0.05) is 42.5 Å². The van der Waals surface area contributed by atoms with E-state index in [9.17, 15) is 19.2 Å². The number of H-pyrrole nitrogens is 1. The molecule has 6 rings (SSSR count). The van der Waals surface area contributed by atoms with E-state index in [1.165, 1.54) is 11.8 Å². The van der Waals surface area contributed by atoms with Crippen LogP contribution in [0.2, 0.25) is 0 Å². The second-order valence-corrected chi connectivity index (χ2v) is 11.1. The lowest BCUT2D eigenvalue weighted by molar-refractivity contribution is -0.152. The highest BCUT2D eigenvalue weighted by atomic mass is 32.2. The Hall–Kier alpha value is -4.06. The number of tetrazole rings is 1. The van der Waals surface area contributed by atoms with Gasteiger partial charge in [-0.25, -0.2) is 5.10 Å². The zero-order chi connectivity index (χ0) is 25.2. The average molecular weight is 504 g/mol. The van der Waals surface area contributed by atoms with Gasteiger partial charge in [0.25, 0.3) is 11.8 Å². The van der Waals surface area contributed by atoms with Crippen LogP contribution in [-0.2, 0) is 9.59 Å². The molecule has 3 unspecified atom stereocenters. The molecular formula is C24H21N7O4S. The molecule has 0 aliphatic carbocycles. The number of carbonyl (C=O) groups excluding carboxylic acids is 4. The van der Waals surface area contributed by atoms with E-state index in [2.05, 4.69) is 25.9 Å². The quantitative estimate of drug-likeness (QED) is 0.394. The minimum absolute atomic E-state index is 0.249. The molecular weight excluding hydrogens is 482 g/mol. The fourth-order valence-corrected chi connectivity index (χ4v) is 6.84. The van der Waals surface area contributed by atoms with E-state index >= 15 is 0 Å². The van der Waals surface area contributed by atoms with Gasteiger partial charge in [-0.3, -0.25) is 24.1 Å². The maximum atomic E-state index is 13.7. The largest absolute Gasteiger partial charge is 0.340 e. The summed E-state index contributed by atoms with van der Waals surface area (Å²) in [4.78, 5) is 56.0. The summed E-state index contributed by atoms with van der Waals surface area (Å²) in [5.41, 5.74) is 0.968. The lowest BCUT2D eigenvalue weighted by Gasteiger charge is -2.44. The number of carbonyl (C=O) groups is 4. The number of hydrogen-bond donors (Lipinski definition) is 2. The molecule has 2 saturated heterocycles. The molecule has 0 bridgehead atoms. The number of benzene rings is 2. The minimum atomic E-state index is -1.23. The third-order valence-corrected chi connectivity index (χ3v) is 8.38. The molecule has 182 valence electrons. The first kappa shape index (κ1) is 22.4. The Bertz CT molecular complexity index is 1360. The van der Waals surface area contributed by atoms with Crippen LogP contribution in [-0.4, -0.2) is 70.2 Å². The van der Waals surface area contributed by atoms with Gasteiger partial charge in [0, 0.05) is 4.75 Å². The summed E-state index contributed by atoms with van der Waals surface area (Å²) in [5.74, 6) is -1.49. The van der Waals surface area contributed by atoms with Crippen molar-refractivity contribution in [2.24, 2.45) is 0 Å². The first-order chi connectivity index (χ1) is 17.3. The lowest BCUT2D eigenvalue weighted by atomic mass is 9.95. The summed E-state index contributed by atoms with van der Waals surface area (Å²) < 4.78 is -0.414. The minimum Gasteiger partial charge on any atom is -0.340 e. The Morgan fingerprint density at radius 2 is 1.67 bits per heavy atom. The van der Waals surface area contributed by atoms with E-state index in [0.29, 0.717) is 11.4 Å². The zero-order valence-corrected chi connectivity index (χ0v) is 20.1. The third-order valence-electron chi connectivity index (χ3n) is 6.81. The van der Waals surface area contributed by atoms with Gasteiger partial charge in [0.1, 0.15) is 23.5 Å². The summed E-state index contributed by atoms with van der Waals surface area (Å²) in [7, 11) is 0. The van der Waals surface area contributed by atoms with Crippen molar-refractivity contribution in [2.75, 3.05) is 0 Å². The van der Waals surface area contributed by atoms with Crippen LogP contribution in [0.15, 0.2) is 54.6 Å². The number of nitrogens with one attached hydrogen (secondary N) is 2. The van der Waals surface area contributed by atoms with Crippen LogP contribution in [0.3, 0.4) is 0 Å². The molecule has 2 aromatic carbocycles. The number of fused-ring (bicyclic) bond motifs is 2. The van der Waals surface area contributed by atoms with E-state index in [4.69, 9.17) is 0 Å². The van der Waals surface area contributed by atoms with Gasteiger partial charge in [-0.05, 0) is 42.0 Å². The number of nitrogens with zero attached hydrogens (tertiary/aromatic N) is 5. The molecule has 1 aromatic heterocycles. The summed E-state index contributed by atoms with van der Waals surface area (Å²) in [6.45, 7) is 3.97. The maximum Gasteiger partial charge on any atom is 0.262 e. The van der Waals surface area contributed by atoms with Gasteiger partial charge in [-0.15, -0.1) is 16.9 Å². The summed E-state index contributed by atoms with van der Waals surface area (Å²) in [5, 5.41) is 16.5. The highest BCUT2D eigenvalue weighted by molar-refractivity contribution is 8.01. The molecule has 0 spiro atoms. The van der Waals surface area contributed by atoms with Crippen molar-refractivity contribution in [1.29, 1.82) is 0 Å². The van der Waals surface area contributed by atoms with Gasteiger partial charge in [0.2, 0.25) is 11.8 Å². The van der Waals surface area contributed by atoms with Crippen molar-refractivity contribution < 1.29 is 19.2 Å². The fraction of sp³-hybridized carbons (Fsp3) is 0.292. The van der Waals surface area contributed by atoms with Gasteiger partial charge in [-0.2, -0.15) is 0 Å². The van der Waals surface area contributed by atoms with E-state index in [-0.39, 0.29) is 28.4 Å². The van der Waals surface area contributed by atoms with Crippen molar-refractivity contribution in [2.45, 2.75) is 42.1 Å². The molecule has 11 nitrogen and oxygen atoms in total. The van der Waals surface area contributed by atoms with E-state index in [1.54, 1.807) is 59.5 Å². The van der Waals surface area contributed by atoms with Crippen LogP contribution in [0, 0.1) is 0 Å². The Balaban J connectivity index is 1.30. The van der Waals surface area contributed by atoms with Crippen LogP contribution in [0.5, 0.6) is 0 Å². The molecule has 4 atom stereocenters. The maximum absolute atomic E-state index is 13.7. The number of imide groups is 1. The number of amides is 4. The average Bonchev–Trinajstić information content (AvgIpc) is 3.55. The smallest absolute Gasteiger partial charge is 0.262 e. The molecule has 2 fully saturated rings. The second kappa shape index (κ2) is 7.98. The number of aromatic amines is 1. The van der Waals surface area contributed by atoms with Crippen LogP contribution in [0.25, 0.3) is 0 Å². The molecule has 36 heavy (non-hydrogen) atoms. The van der Waals surface area contributed by atoms with E-state index in [1.807, 2.05) is 13.8 Å². The normalized spacial score (nSPS) is 24.8. The number of thioether (sulfide) groups is 1. The Morgan fingerprint density at radius 3 is 2.28 bits per heavy atom. The Labute approximate surface area is 209 Å². The molecule has 3 aliphatic rings. The van der Waals surface area contributed by atoms with Crippen molar-refractivity contribution in [3.05, 3.63) is 77.1 Å². The molecule has 2 N–H and O–H groups in total. The lowest BCUT2D eigenvalue weighted by Crippen LogP contribution is -2.68. The van der Waals surface area contributed by atoms with Gasteiger partial charge < -0.3 is 10.2 Å².